The maximum Gasteiger partial charge on any atom is 0.242 e. The van der Waals surface area contributed by atoms with Gasteiger partial charge in [0.05, 0.1) is 3.79 Å². The Labute approximate surface area is 139 Å². The van der Waals surface area contributed by atoms with Crippen LogP contribution in [0.4, 0.5) is 0 Å². The molecule has 5 nitrogen and oxygen atoms in total. The minimum atomic E-state index is -3.47. The van der Waals surface area contributed by atoms with Crippen molar-refractivity contribution in [2.45, 2.75) is 44.7 Å². The highest BCUT2D eigenvalue weighted by molar-refractivity contribution is 9.11. The number of ether oxygens (including phenoxy) is 1. The predicted molar refractivity (Wildman–Crippen MR) is 90.3 cm³/mol. The van der Waals surface area contributed by atoms with Crippen molar-refractivity contribution in [1.82, 2.24) is 10.0 Å². The molecule has 0 spiro atoms. The molecule has 8 heteroatoms. The van der Waals surface area contributed by atoms with Crippen molar-refractivity contribution < 1.29 is 13.2 Å². The first kappa shape index (κ1) is 19.1. The molecule has 0 unspecified atom stereocenters. The molecular formula is C13H23BrN2O3S2. The molecule has 2 N–H and O–H groups in total. The number of hydrogen-bond acceptors (Lipinski definition) is 5. The van der Waals surface area contributed by atoms with Crippen LogP contribution in [0.3, 0.4) is 0 Å². The van der Waals surface area contributed by atoms with E-state index in [0.29, 0.717) is 47.4 Å². The molecule has 1 rings (SSSR count). The summed E-state index contributed by atoms with van der Waals surface area (Å²) < 4.78 is 32.9. The number of nitrogens with one attached hydrogen (secondary N) is 2. The first-order chi connectivity index (χ1) is 9.86. The van der Waals surface area contributed by atoms with Crippen molar-refractivity contribution in [2.75, 3.05) is 19.8 Å². The molecule has 21 heavy (non-hydrogen) atoms. The molecule has 0 aliphatic rings. The number of sulfonamides is 1. The zero-order chi connectivity index (χ0) is 15.9. The van der Waals surface area contributed by atoms with E-state index in [1.54, 1.807) is 6.07 Å². The minimum absolute atomic E-state index is 0.310. The highest BCUT2D eigenvalue weighted by Gasteiger charge is 2.20. The fourth-order valence-corrected chi connectivity index (χ4v) is 5.28. The van der Waals surface area contributed by atoms with Crippen LogP contribution in [0.1, 0.15) is 32.1 Å². The van der Waals surface area contributed by atoms with Crippen LogP contribution in [-0.2, 0) is 21.3 Å². The Balaban J connectivity index is 2.61. The number of hydrogen-bond donors (Lipinski definition) is 2. The summed E-state index contributed by atoms with van der Waals surface area (Å²) in [4.78, 5) is 1.30. The van der Waals surface area contributed by atoms with E-state index in [1.807, 2.05) is 6.92 Å². The molecule has 1 aromatic rings. The van der Waals surface area contributed by atoms with Crippen LogP contribution in [0.15, 0.2) is 14.7 Å². The second-order valence-electron chi connectivity index (χ2n) is 4.83. The summed E-state index contributed by atoms with van der Waals surface area (Å²) in [6.45, 7) is 8.28. The lowest BCUT2D eigenvalue weighted by Crippen LogP contribution is -2.25. The van der Waals surface area contributed by atoms with E-state index in [4.69, 9.17) is 4.74 Å². The summed E-state index contributed by atoms with van der Waals surface area (Å²) in [5, 5.41) is 3.28. The van der Waals surface area contributed by atoms with Crippen LogP contribution >= 0.6 is 27.3 Å². The van der Waals surface area contributed by atoms with Crippen molar-refractivity contribution in [2.24, 2.45) is 0 Å². The van der Waals surface area contributed by atoms with Gasteiger partial charge < -0.3 is 10.1 Å². The van der Waals surface area contributed by atoms with Gasteiger partial charge in [-0.3, -0.25) is 0 Å². The summed E-state index contributed by atoms with van der Waals surface area (Å²) in [6.07, 6.45) is 0.663. The molecule has 0 amide bonds. The lowest BCUT2D eigenvalue weighted by atomic mass is 10.4. The molecule has 1 aromatic heterocycles. The molecule has 0 fully saturated rings. The molecule has 0 aliphatic heterocycles. The van der Waals surface area contributed by atoms with Crippen molar-refractivity contribution in [1.29, 1.82) is 0 Å². The molecule has 0 aromatic carbocycles. The monoisotopic (exact) mass is 398 g/mol. The largest absolute Gasteiger partial charge is 0.382 e. The fraction of sp³-hybridized carbons (Fsp3) is 0.692. The molecular weight excluding hydrogens is 376 g/mol. The normalized spacial score (nSPS) is 12.2. The van der Waals surface area contributed by atoms with Gasteiger partial charge in [0.15, 0.2) is 0 Å². The molecule has 122 valence electrons. The molecule has 0 aliphatic carbocycles. The number of thiophene rings is 1. The van der Waals surface area contributed by atoms with Crippen LogP contribution in [0.25, 0.3) is 0 Å². The topological polar surface area (TPSA) is 67.4 Å². The van der Waals surface area contributed by atoms with E-state index in [0.717, 1.165) is 4.88 Å². The van der Waals surface area contributed by atoms with Gasteiger partial charge in [-0.2, -0.15) is 0 Å². The van der Waals surface area contributed by atoms with Crippen molar-refractivity contribution in [3.05, 3.63) is 14.7 Å². The van der Waals surface area contributed by atoms with E-state index < -0.39 is 10.0 Å². The Kier molecular flexibility index (Phi) is 8.36. The van der Waals surface area contributed by atoms with E-state index in [-0.39, 0.29) is 0 Å². The average Bonchev–Trinajstić information content (AvgIpc) is 2.78. The first-order valence-electron chi connectivity index (χ1n) is 6.95. The standard InChI is InChI=1S/C13H23BrN2O3S2/c1-4-19-7-5-6-16-21(17,18)12-8-11(20-13(12)14)9-15-10(2)3/h8,10,15-16H,4-7,9H2,1-3H3. The van der Waals surface area contributed by atoms with Crippen molar-refractivity contribution in [3.8, 4) is 0 Å². The van der Waals surface area contributed by atoms with Gasteiger partial charge in [0, 0.05) is 37.2 Å². The second-order valence-corrected chi connectivity index (χ2v) is 9.02. The Morgan fingerprint density at radius 1 is 1.43 bits per heavy atom. The van der Waals surface area contributed by atoms with E-state index in [2.05, 4.69) is 39.8 Å². The third-order valence-electron chi connectivity index (χ3n) is 2.64. The van der Waals surface area contributed by atoms with Gasteiger partial charge in [-0.25, -0.2) is 13.1 Å². The smallest absolute Gasteiger partial charge is 0.242 e. The van der Waals surface area contributed by atoms with E-state index in [9.17, 15) is 8.42 Å². The van der Waals surface area contributed by atoms with Gasteiger partial charge in [-0.05, 0) is 35.3 Å². The molecule has 0 bridgehead atoms. The van der Waals surface area contributed by atoms with Crippen LogP contribution in [-0.4, -0.2) is 34.2 Å². The van der Waals surface area contributed by atoms with Crippen molar-refractivity contribution in [3.63, 3.8) is 0 Å². The quantitative estimate of drug-likeness (QED) is 0.594. The Hall–Kier alpha value is 0.01000. The summed E-state index contributed by atoms with van der Waals surface area (Å²) in [6, 6.07) is 2.08. The number of rotatable bonds is 10. The van der Waals surface area contributed by atoms with Gasteiger partial charge in [-0.1, -0.05) is 13.8 Å². The van der Waals surface area contributed by atoms with E-state index >= 15 is 0 Å². The van der Waals surface area contributed by atoms with Crippen LogP contribution < -0.4 is 10.0 Å². The Bertz CT molecular complexity index is 530. The van der Waals surface area contributed by atoms with Gasteiger partial charge >= 0.3 is 0 Å². The van der Waals surface area contributed by atoms with Crippen LogP contribution in [0.2, 0.25) is 0 Å². The fourth-order valence-electron chi connectivity index (χ4n) is 1.58. The van der Waals surface area contributed by atoms with E-state index in [1.165, 1.54) is 11.3 Å². The van der Waals surface area contributed by atoms with Crippen LogP contribution in [0.5, 0.6) is 0 Å². The third kappa shape index (κ3) is 6.75. The summed E-state index contributed by atoms with van der Waals surface area (Å²) >= 11 is 4.78. The van der Waals surface area contributed by atoms with Gasteiger partial charge in [0.25, 0.3) is 0 Å². The Morgan fingerprint density at radius 3 is 2.76 bits per heavy atom. The SMILES string of the molecule is CCOCCCNS(=O)(=O)c1cc(CNC(C)C)sc1Br. The molecule has 0 atom stereocenters. The highest BCUT2D eigenvalue weighted by Crippen LogP contribution is 2.31. The van der Waals surface area contributed by atoms with Crippen LogP contribution in [0, 0.1) is 0 Å². The number of halogens is 1. The second kappa shape index (κ2) is 9.22. The first-order valence-corrected chi connectivity index (χ1v) is 10.0. The predicted octanol–water partition coefficient (Wildman–Crippen LogP) is 2.71. The zero-order valence-electron chi connectivity index (χ0n) is 12.6. The molecule has 1 heterocycles. The van der Waals surface area contributed by atoms with Gasteiger partial charge in [0.1, 0.15) is 4.90 Å². The lowest BCUT2D eigenvalue weighted by Gasteiger charge is -2.06. The average molecular weight is 399 g/mol. The molecule has 0 saturated heterocycles. The maximum absolute atomic E-state index is 12.2. The van der Waals surface area contributed by atoms with Gasteiger partial charge in [0.2, 0.25) is 10.0 Å². The molecule has 0 saturated carbocycles. The van der Waals surface area contributed by atoms with Gasteiger partial charge in [-0.15, -0.1) is 11.3 Å². The maximum atomic E-state index is 12.2. The van der Waals surface area contributed by atoms with Crippen molar-refractivity contribution >= 4 is 37.3 Å². The summed E-state index contributed by atoms with van der Waals surface area (Å²) in [5.41, 5.74) is 0. The third-order valence-corrected chi connectivity index (χ3v) is 6.36. The summed E-state index contributed by atoms with van der Waals surface area (Å²) in [5.74, 6) is 0. The minimum Gasteiger partial charge on any atom is -0.382 e. The Morgan fingerprint density at radius 2 is 2.14 bits per heavy atom. The molecule has 0 radical (unpaired) electrons. The zero-order valence-corrected chi connectivity index (χ0v) is 15.8. The highest BCUT2D eigenvalue weighted by atomic mass is 79.9. The lowest BCUT2D eigenvalue weighted by molar-refractivity contribution is 0.146. The summed E-state index contributed by atoms with van der Waals surface area (Å²) in [7, 11) is -3.47.